The van der Waals surface area contributed by atoms with Crippen molar-refractivity contribution in [1.29, 1.82) is 0 Å². The summed E-state index contributed by atoms with van der Waals surface area (Å²) in [6.07, 6.45) is -0.832. The lowest BCUT2D eigenvalue weighted by Gasteiger charge is -2.18. The molecule has 0 amide bonds. The third-order valence-corrected chi connectivity index (χ3v) is 3.56. The first kappa shape index (κ1) is 19.2. The summed E-state index contributed by atoms with van der Waals surface area (Å²) in [6, 6.07) is 6.25. The zero-order valence-electron chi connectivity index (χ0n) is 13.6. The normalized spacial score (nSPS) is 13.5. The van der Waals surface area contributed by atoms with E-state index in [1.165, 1.54) is 12.1 Å². The first-order valence-electron chi connectivity index (χ1n) is 7.78. The Labute approximate surface area is 143 Å². The lowest BCUT2D eigenvalue weighted by atomic mass is 10.1. The van der Waals surface area contributed by atoms with Crippen molar-refractivity contribution in [1.82, 2.24) is 5.32 Å². The van der Waals surface area contributed by atoms with Crippen molar-refractivity contribution in [2.45, 2.75) is 25.5 Å². The molecule has 136 valence electrons. The molecule has 0 unspecified atom stereocenters. The summed E-state index contributed by atoms with van der Waals surface area (Å²) in [4.78, 5) is 0. The van der Waals surface area contributed by atoms with Gasteiger partial charge in [-0.3, -0.25) is 0 Å². The summed E-state index contributed by atoms with van der Waals surface area (Å²) < 4.78 is 57.6. The molecule has 0 radical (unpaired) electrons. The molecule has 0 bridgehead atoms. The number of aliphatic hydroxyl groups is 1. The number of aliphatic hydroxyl groups excluding tert-OH is 1. The van der Waals surface area contributed by atoms with Gasteiger partial charge in [0.2, 0.25) is 0 Å². The van der Waals surface area contributed by atoms with Crippen molar-refractivity contribution in [2.24, 2.45) is 0 Å². The van der Waals surface area contributed by atoms with Gasteiger partial charge in [0.1, 0.15) is 24.0 Å². The standard InChI is InChI=1S/C18H19F4NO2/c1-11(10-25-15-4-5-16(20)18(22)8-15)23-9-14(24)6-12-2-3-13(19)7-17(12)21/h2-5,7-8,11,14,23-24H,6,9-10H2,1H3/t11-,14-/m1/s1. The Kier molecular flexibility index (Phi) is 6.78. The van der Waals surface area contributed by atoms with Crippen molar-refractivity contribution >= 4 is 0 Å². The van der Waals surface area contributed by atoms with Crippen molar-refractivity contribution in [3.63, 3.8) is 0 Å². The summed E-state index contributed by atoms with van der Waals surface area (Å²) in [5.41, 5.74) is 0.224. The predicted octanol–water partition coefficient (Wildman–Crippen LogP) is 3.20. The van der Waals surface area contributed by atoms with Gasteiger partial charge in [-0.1, -0.05) is 6.07 Å². The SMILES string of the molecule is C[C@H](COc1ccc(F)c(F)c1)NC[C@H](O)Cc1ccc(F)cc1F. The molecular weight excluding hydrogens is 338 g/mol. The zero-order valence-corrected chi connectivity index (χ0v) is 13.6. The molecule has 2 aromatic rings. The highest BCUT2D eigenvalue weighted by molar-refractivity contribution is 5.23. The maximum Gasteiger partial charge on any atom is 0.162 e. The molecule has 0 heterocycles. The molecule has 0 spiro atoms. The number of nitrogens with one attached hydrogen (secondary N) is 1. The van der Waals surface area contributed by atoms with E-state index in [1.54, 1.807) is 6.92 Å². The highest BCUT2D eigenvalue weighted by Gasteiger charge is 2.12. The molecule has 3 nitrogen and oxygen atoms in total. The molecule has 0 aliphatic rings. The summed E-state index contributed by atoms with van der Waals surface area (Å²) in [7, 11) is 0. The van der Waals surface area contributed by atoms with Crippen LogP contribution < -0.4 is 10.1 Å². The Morgan fingerprint density at radius 2 is 1.76 bits per heavy atom. The van der Waals surface area contributed by atoms with E-state index in [2.05, 4.69) is 5.32 Å². The molecule has 0 aromatic heterocycles. The second-order valence-corrected chi connectivity index (χ2v) is 5.79. The summed E-state index contributed by atoms with van der Waals surface area (Å²) in [6.45, 7) is 2.12. The highest BCUT2D eigenvalue weighted by atomic mass is 19.2. The Morgan fingerprint density at radius 1 is 1.00 bits per heavy atom. The Morgan fingerprint density at radius 3 is 2.44 bits per heavy atom. The van der Waals surface area contributed by atoms with Crippen LogP contribution in [0.3, 0.4) is 0 Å². The number of benzene rings is 2. The molecule has 25 heavy (non-hydrogen) atoms. The largest absolute Gasteiger partial charge is 0.492 e. The number of hydrogen-bond donors (Lipinski definition) is 2. The fraction of sp³-hybridized carbons (Fsp3) is 0.333. The van der Waals surface area contributed by atoms with Gasteiger partial charge < -0.3 is 15.2 Å². The van der Waals surface area contributed by atoms with Gasteiger partial charge in [-0.05, 0) is 30.7 Å². The lowest BCUT2D eigenvalue weighted by molar-refractivity contribution is 0.160. The van der Waals surface area contributed by atoms with Crippen LogP contribution in [0.5, 0.6) is 5.75 Å². The first-order valence-corrected chi connectivity index (χ1v) is 7.78. The van der Waals surface area contributed by atoms with Gasteiger partial charge in [-0.2, -0.15) is 0 Å². The average Bonchev–Trinajstić information content (AvgIpc) is 2.56. The first-order chi connectivity index (χ1) is 11.8. The van der Waals surface area contributed by atoms with Gasteiger partial charge in [0.25, 0.3) is 0 Å². The molecule has 2 aromatic carbocycles. The Hall–Kier alpha value is -2.12. The predicted molar refractivity (Wildman–Crippen MR) is 85.4 cm³/mol. The fourth-order valence-electron chi connectivity index (χ4n) is 2.20. The van der Waals surface area contributed by atoms with Crippen LogP contribution in [0.2, 0.25) is 0 Å². The molecule has 0 saturated carbocycles. The maximum atomic E-state index is 13.5. The minimum absolute atomic E-state index is 0.0376. The monoisotopic (exact) mass is 357 g/mol. The van der Waals surface area contributed by atoms with Crippen LogP contribution in [-0.2, 0) is 6.42 Å². The lowest BCUT2D eigenvalue weighted by Crippen LogP contribution is -2.38. The zero-order chi connectivity index (χ0) is 18.4. The van der Waals surface area contributed by atoms with Crippen LogP contribution >= 0.6 is 0 Å². The smallest absolute Gasteiger partial charge is 0.162 e. The van der Waals surface area contributed by atoms with Crippen molar-refractivity contribution < 1.29 is 27.4 Å². The van der Waals surface area contributed by atoms with Crippen LogP contribution in [0.1, 0.15) is 12.5 Å². The van der Waals surface area contributed by atoms with Crippen LogP contribution in [0, 0.1) is 23.3 Å². The summed E-state index contributed by atoms with van der Waals surface area (Å²) >= 11 is 0. The van der Waals surface area contributed by atoms with Gasteiger partial charge in [0, 0.05) is 31.1 Å². The van der Waals surface area contributed by atoms with Gasteiger partial charge in [-0.25, -0.2) is 17.6 Å². The van der Waals surface area contributed by atoms with Crippen LogP contribution in [-0.4, -0.2) is 30.4 Å². The number of rotatable bonds is 8. The van der Waals surface area contributed by atoms with Gasteiger partial charge in [-0.15, -0.1) is 0 Å². The Bertz CT molecular complexity index is 711. The van der Waals surface area contributed by atoms with E-state index in [9.17, 15) is 22.7 Å². The van der Waals surface area contributed by atoms with E-state index in [1.807, 2.05) is 0 Å². The molecule has 2 N–H and O–H groups in total. The third-order valence-electron chi connectivity index (χ3n) is 3.56. The Balaban J connectivity index is 1.75. The quantitative estimate of drug-likeness (QED) is 0.713. The van der Waals surface area contributed by atoms with Crippen LogP contribution in [0.15, 0.2) is 36.4 Å². The second-order valence-electron chi connectivity index (χ2n) is 5.79. The summed E-state index contributed by atoms with van der Waals surface area (Å²) in [5, 5.41) is 12.9. The average molecular weight is 357 g/mol. The fourth-order valence-corrected chi connectivity index (χ4v) is 2.20. The number of hydrogen-bond acceptors (Lipinski definition) is 3. The van der Waals surface area contributed by atoms with Crippen molar-refractivity contribution in [2.75, 3.05) is 13.2 Å². The van der Waals surface area contributed by atoms with E-state index in [0.717, 1.165) is 24.3 Å². The molecular formula is C18H19F4NO2. The number of ether oxygens (including phenoxy) is 1. The molecule has 0 aliphatic heterocycles. The molecule has 2 rings (SSSR count). The van der Waals surface area contributed by atoms with E-state index < -0.39 is 29.4 Å². The van der Waals surface area contributed by atoms with E-state index >= 15 is 0 Å². The topological polar surface area (TPSA) is 41.5 Å². The molecule has 0 aliphatic carbocycles. The minimum atomic E-state index is -0.991. The van der Waals surface area contributed by atoms with Crippen LogP contribution in [0.4, 0.5) is 17.6 Å². The van der Waals surface area contributed by atoms with Gasteiger partial charge in [0.15, 0.2) is 11.6 Å². The third kappa shape index (κ3) is 6.03. The van der Waals surface area contributed by atoms with E-state index in [0.29, 0.717) is 0 Å². The molecule has 2 atom stereocenters. The molecule has 0 fully saturated rings. The van der Waals surface area contributed by atoms with Crippen molar-refractivity contribution in [3.8, 4) is 5.75 Å². The van der Waals surface area contributed by atoms with Crippen molar-refractivity contribution in [3.05, 3.63) is 65.2 Å². The number of halogens is 4. The minimum Gasteiger partial charge on any atom is -0.492 e. The maximum absolute atomic E-state index is 13.5. The van der Waals surface area contributed by atoms with E-state index in [4.69, 9.17) is 4.74 Å². The molecule has 7 heteroatoms. The van der Waals surface area contributed by atoms with Gasteiger partial charge in [0.05, 0.1) is 6.10 Å². The van der Waals surface area contributed by atoms with Crippen LogP contribution in [0.25, 0.3) is 0 Å². The van der Waals surface area contributed by atoms with E-state index in [-0.39, 0.29) is 36.9 Å². The highest BCUT2D eigenvalue weighted by Crippen LogP contribution is 2.15. The van der Waals surface area contributed by atoms with Gasteiger partial charge >= 0.3 is 0 Å². The summed E-state index contributed by atoms with van der Waals surface area (Å²) in [5.74, 6) is -3.11. The molecule has 0 saturated heterocycles. The second kappa shape index (κ2) is 8.82.